The summed E-state index contributed by atoms with van der Waals surface area (Å²) in [6, 6.07) is 7.05. The Labute approximate surface area is 117 Å². The van der Waals surface area contributed by atoms with Crippen LogP contribution in [0.2, 0.25) is 5.02 Å². The van der Waals surface area contributed by atoms with Gasteiger partial charge in [-0.1, -0.05) is 11.6 Å². The molecule has 1 fully saturated rings. The van der Waals surface area contributed by atoms with Crippen LogP contribution in [0.5, 0.6) is 0 Å². The van der Waals surface area contributed by atoms with Crippen molar-refractivity contribution in [1.29, 1.82) is 0 Å². The van der Waals surface area contributed by atoms with Gasteiger partial charge in [-0.3, -0.25) is 9.69 Å². The SMILES string of the molecule is NCC1CN(CC(=O)Nc2ccc(Cl)cc2)CCO1. The van der Waals surface area contributed by atoms with Crippen LogP contribution in [0.4, 0.5) is 5.69 Å². The van der Waals surface area contributed by atoms with Gasteiger partial charge in [0.15, 0.2) is 0 Å². The second kappa shape index (κ2) is 6.86. The summed E-state index contributed by atoms with van der Waals surface area (Å²) in [5.41, 5.74) is 6.32. The number of carbonyl (C=O) groups is 1. The van der Waals surface area contributed by atoms with Crippen molar-refractivity contribution in [1.82, 2.24) is 4.90 Å². The molecule has 1 atom stereocenters. The molecule has 2 rings (SSSR count). The minimum Gasteiger partial charge on any atom is -0.374 e. The lowest BCUT2D eigenvalue weighted by Crippen LogP contribution is -2.48. The van der Waals surface area contributed by atoms with Gasteiger partial charge in [0.1, 0.15) is 0 Å². The molecular weight excluding hydrogens is 266 g/mol. The molecule has 104 valence electrons. The topological polar surface area (TPSA) is 67.6 Å². The van der Waals surface area contributed by atoms with Crippen molar-refractivity contribution in [3.63, 3.8) is 0 Å². The van der Waals surface area contributed by atoms with E-state index in [0.717, 1.165) is 12.2 Å². The largest absolute Gasteiger partial charge is 0.374 e. The van der Waals surface area contributed by atoms with Crippen molar-refractivity contribution in [2.75, 3.05) is 38.1 Å². The summed E-state index contributed by atoms with van der Waals surface area (Å²) < 4.78 is 5.46. The predicted octanol–water partition coefficient (Wildman–Crippen LogP) is 0.938. The fourth-order valence-electron chi connectivity index (χ4n) is 2.00. The molecule has 1 aromatic rings. The van der Waals surface area contributed by atoms with E-state index in [1.807, 2.05) is 4.90 Å². The molecule has 1 unspecified atom stereocenters. The van der Waals surface area contributed by atoms with Crippen LogP contribution in [0.3, 0.4) is 0 Å². The fourth-order valence-corrected chi connectivity index (χ4v) is 2.13. The smallest absolute Gasteiger partial charge is 0.238 e. The number of hydrogen-bond acceptors (Lipinski definition) is 4. The number of nitrogens with zero attached hydrogens (tertiary/aromatic N) is 1. The van der Waals surface area contributed by atoms with Crippen molar-refractivity contribution in [3.05, 3.63) is 29.3 Å². The molecule has 0 spiro atoms. The summed E-state index contributed by atoms with van der Waals surface area (Å²) in [7, 11) is 0. The molecule has 19 heavy (non-hydrogen) atoms. The number of rotatable bonds is 4. The minimum absolute atomic E-state index is 0.0251. The van der Waals surface area contributed by atoms with Crippen LogP contribution in [0.15, 0.2) is 24.3 Å². The molecule has 1 aliphatic rings. The Morgan fingerprint density at radius 3 is 2.89 bits per heavy atom. The maximum absolute atomic E-state index is 11.9. The van der Waals surface area contributed by atoms with Crippen LogP contribution < -0.4 is 11.1 Å². The van der Waals surface area contributed by atoms with E-state index in [4.69, 9.17) is 22.1 Å². The number of carbonyl (C=O) groups excluding carboxylic acids is 1. The first kappa shape index (κ1) is 14.3. The molecule has 1 saturated heterocycles. The number of nitrogens with one attached hydrogen (secondary N) is 1. The predicted molar refractivity (Wildman–Crippen MR) is 75.3 cm³/mol. The number of anilines is 1. The third kappa shape index (κ3) is 4.47. The highest BCUT2D eigenvalue weighted by molar-refractivity contribution is 6.30. The molecule has 0 radical (unpaired) electrons. The molecule has 5 nitrogen and oxygen atoms in total. The summed E-state index contributed by atoms with van der Waals surface area (Å²) in [6.07, 6.45) is 0.0251. The molecule has 0 aromatic heterocycles. The standard InChI is InChI=1S/C13H18ClN3O2/c14-10-1-3-11(4-2-10)16-13(18)9-17-5-6-19-12(7-15)8-17/h1-4,12H,5-9,15H2,(H,16,18). The number of hydrogen-bond donors (Lipinski definition) is 2. The number of nitrogens with two attached hydrogens (primary N) is 1. The number of amides is 1. The first-order valence-electron chi connectivity index (χ1n) is 6.27. The minimum atomic E-state index is -0.0417. The molecule has 0 saturated carbocycles. The van der Waals surface area contributed by atoms with Gasteiger partial charge in [0.2, 0.25) is 5.91 Å². The number of ether oxygens (including phenoxy) is 1. The summed E-state index contributed by atoms with van der Waals surface area (Å²) in [5, 5.41) is 3.49. The lowest BCUT2D eigenvalue weighted by atomic mass is 10.2. The van der Waals surface area contributed by atoms with Crippen molar-refractivity contribution in [3.8, 4) is 0 Å². The molecule has 1 heterocycles. The zero-order valence-electron chi connectivity index (χ0n) is 10.6. The van der Waals surface area contributed by atoms with Gasteiger partial charge in [-0.2, -0.15) is 0 Å². The van der Waals surface area contributed by atoms with Gasteiger partial charge in [-0.15, -0.1) is 0 Å². The highest BCUT2D eigenvalue weighted by Crippen LogP contribution is 2.13. The first-order chi connectivity index (χ1) is 9.17. The molecular formula is C13H18ClN3O2. The van der Waals surface area contributed by atoms with Crippen LogP contribution >= 0.6 is 11.6 Å². The van der Waals surface area contributed by atoms with Gasteiger partial charge < -0.3 is 15.8 Å². The Bertz CT molecular complexity index is 424. The molecule has 0 bridgehead atoms. The van der Waals surface area contributed by atoms with Crippen molar-refractivity contribution >= 4 is 23.2 Å². The van der Waals surface area contributed by atoms with Gasteiger partial charge in [-0.25, -0.2) is 0 Å². The van der Waals surface area contributed by atoms with Gasteiger partial charge in [0, 0.05) is 30.3 Å². The second-order valence-electron chi connectivity index (χ2n) is 4.52. The van der Waals surface area contributed by atoms with Gasteiger partial charge in [-0.05, 0) is 24.3 Å². The molecule has 0 aliphatic carbocycles. The Morgan fingerprint density at radius 1 is 1.47 bits per heavy atom. The number of benzene rings is 1. The lowest BCUT2D eigenvalue weighted by Gasteiger charge is -2.31. The zero-order chi connectivity index (χ0) is 13.7. The first-order valence-corrected chi connectivity index (χ1v) is 6.64. The Morgan fingerprint density at radius 2 is 2.21 bits per heavy atom. The lowest BCUT2D eigenvalue weighted by molar-refractivity contribution is -0.119. The van der Waals surface area contributed by atoms with Gasteiger partial charge in [0.05, 0.1) is 19.3 Å². The van der Waals surface area contributed by atoms with E-state index in [1.54, 1.807) is 24.3 Å². The zero-order valence-corrected chi connectivity index (χ0v) is 11.4. The Kier molecular flexibility index (Phi) is 5.15. The van der Waals surface area contributed by atoms with Crippen molar-refractivity contribution in [2.24, 2.45) is 5.73 Å². The maximum atomic E-state index is 11.9. The summed E-state index contributed by atoms with van der Waals surface area (Å²) >= 11 is 5.79. The highest BCUT2D eigenvalue weighted by Gasteiger charge is 2.20. The summed E-state index contributed by atoms with van der Waals surface area (Å²) in [6.45, 7) is 2.91. The average Bonchev–Trinajstić information content (AvgIpc) is 2.41. The van der Waals surface area contributed by atoms with Crippen molar-refractivity contribution < 1.29 is 9.53 Å². The summed E-state index contributed by atoms with van der Waals surface area (Å²) in [4.78, 5) is 14.0. The van der Waals surface area contributed by atoms with Crippen LogP contribution in [0.1, 0.15) is 0 Å². The van der Waals surface area contributed by atoms with Gasteiger partial charge in [0.25, 0.3) is 0 Å². The monoisotopic (exact) mass is 283 g/mol. The fraction of sp³-hybridized carbons (Fsp3) is 0.462. The third-order valence-electron chi connectivity index (χ3n) is 2.98. The Hall–Kier alpha value is -1.14. The van der Waals surface area contributed by atoms with Gasteiger partial charge >= 0.3 is 0 Å². The van der Waals surface area contributed by atoms with E-state index in [-0.39, 0.29) is 12.0 Å². The summed E-state index contributed by atoms with van der Waals surface area (Å²) in [5.74, 6) is -0.0417. The number of morpholine rings is 1. The quantitative estimate of drug-likeness (QED) is 0.863. The second-order valence-corrected chi connectivity index (χ2v) is 4.96. The van der Waals surface area contributed by atoms with E-state index < -0.39 is 0 Å². The van der Waals surface area contributed by atoms with Crippen molar-refractivity contribution in [2.45, 2.75) is 6.10 Å². The van der Waals surface area contributed by atoms with E-state index in [0.29, 0.717) is 31.3 Å². The van der Waals surface area contributed by atoms with E-state index >= 15 is 0 Å². The van der Waals surface area contributed by atoms with Crippen LogP contribution in [-0.4, -0.2) is 49.7 Å². The molecule has 1 aliphatic heterocycles. The maximum Gasteiger partial charge on any atom is 0.238 e. The van der Waals surface area contributed by atoms with E-state index in [1.165, 1.54) is 0 Å². The third-order valence-corrected chi connectivity index (χ3v) is 3.23. The Balaban J connectivity index is 1.82. The molecule has 1 amide bonds. The van der Waals surface area contributed by atoms with Crippen LogP contribution in [0, 0.1) is 0 Å². The normalized spacial score (nSPS) is 20.2. The molecule has 3 N–H and O–H groups in total. The van der Waals surface area contributed by atoms with Crippen LogP contribution in [0.25, 0.3) is 0 Å². The van der Waals surface area contributed by atoms with E-state index in [9.17, 15) is 4.79 Å². The van der Waals surface area contributed by atoms with Crippen LogP contribution in [-0.2, 0) is 9.53 Å². The average molecular weight is 284 g/mol. The van der Waals surface area contributed by atoms with E-state index in [2.05, 4.69) is 5.32 Å². The molecule has 1 aromatic carbocycles. The molecule has 6 heteroatoms. The number of halogens is 1. The highest BCUT2D eigenvalue weighted by atomic mass is 35.5.